The van der Waals surface area contributed by atoms with Crippen molar-refractivity contribution in [2.75, 3.05) is 0 Å². The number of hydrogen-bond donors (Lipinski definition) is 2. The van der Waals surface area contributed by atoms with Crippen LogP contribution in [0.15, 0.2) is 65.6 Å². The lowest BCUT2D eigenvalue weighted by Gasteiger charge is -2.30. The molecule has 1 amide bonds. The molecule has 4 aromatic rings. The SMILES string of the molecule is Cc1nn(C)c2sc(C(=O)NN(C(C(=O)O)C(C)C)S(=O)(=O)c3ccc(-c4ccccc4)cc3)cc12. The Morgan fingerprint density at radius 1 is 1.06 bits per heavy atom. The quantitative estimate of drug-likeness (QED) is 0.334. The molecular formula is C25H26N4O5S2. The number of hydrogen-bond acceptors (Lipinski definition) is 6. The summed E-state index contributed by atoms with van der Waals surface area (Å²) in [5.41, 5.74) is 4.82. The van der Waals surface area contributed by atoms with Crippen LogP contribution in [0, 0.1) is 12.8 Å². The van der Waals surface area contributed by atoms with E-state index >= 15 is 0 Å². The van der Waals surface area contributed by atoms with Gasteiger partial charge in [-0.1, -0.05) is 60.7 Å². The predicted molar refractivity (Wildman–Crippen MR) is 138 cm³/mol. The normalized spacial score (nSPS) is 12.8. The summed E-state index contributed by atoms with van der Waals surface area (Å²) < 4.78 is 29.5. The minimum Gasteiger partial charge on any atom is -0.480 e. The second-order valence-electron chi connectivity index (χ2n) is 8.70. The molecule has 188 valence electrons. The fourth-order valence-electron chi connectivity index (χ4n) is 3.97. The summed E-state index contributed by atoms with van der Waals surface area (Å²) in [6, 6.07) is 15.7. The maximum absolute atomic E-state index is 13.7. The molecule has 0 radical (unpaired) electrons. The van der Waals surface area contributed by atoms with Gasteiger partial charge < -0.3 is 5.11 Å². The van der Waals surface area contributed by atoms with Crippen LogP contribution in [0.25, 0.3) is 21.3 Å². The molecule has 0 saturated heterocycles. The van der Waals surface area contributed by atoms with E-state index in [1.54, 1.807) is 43.8 Å². The molecule has 2 N–H and O–H groups in total. The standard InChI is InChI=1S/C25H26N4O5S2/c1-15(2)22(25(31)32)29(27-23(30)21-14-20-16(3)26-28(4)24(20)35-21)36(33,34)19-12-10-18(11-13-19)17-8-6-5-7-9-17/h5-15,22H,1-4H3,(H,27,30)(H,31,32). The number of hydrazine groups is 1. The van der Waals surface area contributed by atoms with Gasteiger partial charge in [-0.25, -0.2) is 8.42 Å². The first kappa shape index (κ1) is 25.5. The zero-order valence-electron chi connectivity index (χ0n) is 20.2. The Morgan fingerprint density at radius 2 is 1.67 bits per heavy atom. The van der Waals surface area contributed by atoms with Gasteiger partial charge in [0.05, 0.1) is 15.5 Å². The van der Waals surface area contributed by atoms with Crippen LogP contribution in [-0.2, 0) is 21.9 Å². The molecule has 0 aliphatic rings. The van der Waals surface area contributed by atoms with Gasteiger partial charge in [0.2, 0.25) is 0 Å². The van der Waals surface area contributed by atoms with Gasteiger partial charge in [0.1, 0.15) is 10.9 Å². The Balaban J connectivity index is 1.71. The van der Waals surface area contributed by atoms with E-state index in [0.717, 1.165) is 38.4 Å². The van der Waals surface area contributed by atoms with Crippen LogP contribution in [0.3, 0.4) is 0 Å². The summed E-state index contributed by atoms with van der Waals surface area (Å²) >= 11 is 1.15. The van der Waals surface area contributed by atoms with Crippen molar-refractivity contribution in [2.24, 2.45) is 13.0 Å². The summed E-state index contributed by atoms with van der Waals surface area (Å²) in [7, 11) is -2.67. The minimum absolute atomic E-state index is 0.134. The van der Waals surface area contributed by atoms with Gasteiger partial charge in [0.15, 0.2) is 0 Å². The second kappa shape index (κ2) is 9.84. The van der Waals surface area contributed by atoms with Gasteiger partial charge in [-0.15, -0.1) is 11.3 Å². The molecule has 2 heterocycles. The van der Waals surface area contributed by atoms with E-state index in [0.29, 0.717) is 4.41 Å². The van der Waals surface area contributed by atoms with Crippen molar-refractivity contribution in [1.82, 2.24) is 19.6 Å². The number of carboxylic acid groups (broad SMARTS) is 1. The highest BCUT2D eigenvalue weighted by atomic mass is 32.2. The number of carboxylic acids is 1. The van der Waals surface area contributed by atoms with Gasteiger partial charge in [0.25, 0.3) is 15.9 Å². The third-order valence-corrected chi connectivity index (χ3v) is 8.69. The largest absolute Gasteiger partial charge is 0.480 e. The number of nitrogens with one attached hydrogen (secondary N) is 1. The number of rotatable bonds is 8. The van der Waals surface area contributed by atoms with Crippen LogP contribution in [-0.4, -0.2) is 45.6 Å². The summed E-state index contributed by atoms with van der Waals surface area (Å²) in [6.07, 6.45) is 0. The smallest absolute Gasteiger partial charge is 0.324 e. The zero-order chi connectivity index (χ0) is 26.2. The van der Waals surface area contributed by atoms with E-state index in [-0.39, 0.29) is 9.77 Å². The average molecular weight is 527 g/mol. The number of fused-ring (bicyclic) bond motifs is 1. The molecular weight excluding hydrogens is 500 g/mol. The van der Waals surface area contributed by atoms with Gasteiger partial charge >= 0.3 is 5.97 Å². The fourth-order valence-corrected chi connectivity index (χ4v) is 6.53. The number of benzene rings is 2. The number of aromatic nitrogens is 2. The molecule has 2 aromatic heterocycles. The lowest BCUT2D eigenvalue weighted by atomic mass is 10.1. The summed E-state index contributed by atoms with van der Waals surface area (Å²) in [5.74, 6) is -2.71. The van der Waals surface area contributed by atoms with Crippen LogP contribution < -0.4 is 5.43 Å². The molecule has 36 heavy (non-hydrogen) atoms. The lowest BCUT2D eigenvalue weighted by molar-refractivity contribution is -0.143. The first-order chi connectivity index (χ1) is 17.0. The first-order valence-electron chi connectivity index (χ1n) is 11.2. The number of aliphatic carboxylic acids is 1. The van der Waals surface area contributed by atoms with Crippen molar-refractivity contribution in [3.63, 3.8) is 0 Å². The minimum atomic E-state index is -4.42. The maximum atomic E-state index is 13.7. The van der Waals surface area contributed by atoms with E-state index < -0.39 is 33.9 Å². The topological polar surface area (TPSA) is 122 Å². The second-order valence-corrected chi connectivity index (χ2v) is 11.5. The molecule has 0 saturated carbocycles. The van der Waals surface area contributed by atoms with Gasteiger partial charge in [-0.3, -0.25) is 19.7 Å². The molecule has 0 spiro atoms. The fraction of sp³-hybridized carbons (Fsp3) is 0.240. The number of carbonyl (C=O) groups is 2. The molecule has 2 aromatic carbocycles. The number of nitrogens with zero attached hydrogens (tertiary/aromatic N) is 3. The van der Waals surface area contributed by atoms with Crippen molar-refractivity contribution in [2.45, 2.75) is 31.7 Å². The summed E-state index contributed by atoms with van der Waals surface area (Å²) in [6.45, 7) is 4.98. The zero-order valence-corrected chi connectivity index (χ0v) is 21.8. The van der Waals surface area contributed by atoms with Crippen molar-refractivity contribution >= 4 is 43.5 Å². The van der Waals surface area contributed by atoms with Crippen LogP contribution in [0.5, 0.6) is 0 Å². The molecule has 0 aliphatic heterocycles. The summed E-state index contributed by atoms with van der Waals surface area (Å²) in [5, 5.41) is 15.0. The van der Waals surface area contributed by atoms with Crippen LogP contribution in [0.4, 0.5) is 0 Å². The highest BCUT2D eigenvalue weighted by molar-refractivity contribution is 7.89. The Morgan fingerprint density at radius 3 is 2.22 bits per heavy atom. The van der Waals surface area contributed by atoms with Crippen molar-refractivity contribution in [1.29, 1.82) is 0 Å². The molecule has 11 heteroatoms. The number of aryl methyl sites for hydroxylation is 2. The molecule has 4 rings (SSSR count). The molecule has 1 unspecified atom stereocenters. The first-order valence-corrected chi connectivity index (χ1v) is 13.4. The maximum Gasteiger partial charge on any atom is 0.324 e. The van der Waals surface area contributed by atoms with Gasteiger partial charge in [-0.05, 0) is 42.2 Å². The number of carbonyl (C=O) groups excluding carboxylic acids is 1. The highest BCUT2D eigenvalue weighted by Crippen LogP contribution is 2.29. The summed E-state index contributed by atoms with van der Waals surface area (Å²) in [4.78, 5) is 26.2. The van der Waals surface area contributed by atoms with Crippen LogP contribution in [0.1, 0.15) is 29.2 Å². The predicted octanol–water partition coefficient (Wildman–Crippen LogP) is 4.06. The molecule has 0 bridgehead atoms. The number of thiophene rings is 1. The molecule has 9 nitrogen and oxygen atoms in total. The monoisotopic (exact) mass is 526 g/mol. The van der Waals surface area contributed by atoms with Gasteiger partial charge in [-0.2, -0.15) is 5.10 Å². The molecule has 0 fully saturated rings. The average Bonchev–Trinajstić information content (AvgIpc) is 3.40. The lowest BCUT2D eigenvalue weighted by Crippen LogP contribution is -2.56. The van der Waals surface area contributed by atoms with Crippen LogP contribution in [0.2, 0.25) is 0 Å². The van der Waals surface area contributed by atoms with Gasteiger partial charge in [0, 0.05) is 12.4 Å². The third kappa shape index (κ3) is 4.77. The Labute approximate surface area is 213 Å². The van der Waals surface area contributed by atoms with Crippen LogP contribution >= 0.6 is 11.3 Å². The van der Waals surface area contributed by atoms with Crippen molar-refractivity contribution in [3.8, 4) is 11.1 Å². The van der Waals surface area contributed by atoms with E-state index in [4.69, 9.17) is 0 Å². The Kier molecular flexibility index (Phi) is 6.98. The van der Waals surface area contributed by atoms with Crippen molar-refractivity contribution < 1.29 is 23.1 Å². The number of amides is 1. The Bertz CT molecular complexity index is 1490. The van der Waals surface area contributed by atoms with Crippen molar-refractivity contribution in [3.05, 3.63) is 71.2 Å². The number of sulfonamides is 1. The molecule has 1 atom stereocenters. The third-order valence-electron chi connectivity index (χ3n) is 5.79. The molecule has 0 aliphatic carbocycles. The van der Waals surface area contributed by atoms with E-state index in [2.05, 4.69) is 10.5 Å². The van der Waals surface area contributed by atoms with E-state index in [1.807, 2.05) is 37.3 Å². The Hall–Kier alpha value is -3.54. The van der Waals surface area contributed by atoms with E-state index in [1.165, 1.54) is 12.1 Å². The highest BCUT2D eigenvalue weighted by Gasteiger charge is 2.40. The van der Waals surface area contributed by atoms with E-state index in [9.17, 15) is 23.1 Å².